The lowest BCUT2D eigenvalue weighted by molar-refractivity contribution is 0.109. The summed E-state index contributed by atoms with van der Waals surface area (Å²) in [7, 11) is 3.36. The normalized spacial score (nSPS) is 9.73. The zero-order valence-corrected chi connectivity index (χ0v) is 7.98. The highest BCUT2D eigenvalue weighted by molar-refractivity contribution is 7.97. The van der Waals surface area contributed by atoms with Crippen molar-refractivity contribution in [1.82, 2.24) is 0 Å². The number of thiol groups is 1. The minimum atomic E-state index is -0.210. The van der Waals surface area contributed by atoms with Gasteiger partial charge in [-0.2, -0.15) is 0 Å². The fourth-order valence-electron chi connectivity index (χ4n) is 0.846. The zero-order valence-electron chi connectivity index (χ0n) is 6.09. The summed E-state index contributed by atoms with van der Waals surface area (Å²) in [5, 5.41) is 0.617. The van der Waals surface area contributed by atoms with E-state index in [-0.39, 0.29) is 5.12 Å². The molecule has 0 aliphatic carbocycles. The van der Waals surface area contributed by atoms with Crippen LogP contribution in [0.4, 0.5) is 0 Å². The Morgan fingerprint density at radius 3 is 2.64 bits per heavy atom. The van der Waals surface area contributed by atoms with E-state index in [2.05, 4.69) is 22.9 Å². The standard InChI is InChI=1S/C8H7OSSi/c1-5-3-2-4-6(7(5)11)8(9)10/h2-4H,1H3,(H,9,10). The molecular weight excluding hydrogens is 172 g/mol. The summed E-state index contributed by atoms with van der Waals surface area (Å²) in [6.45, 7) is 1.93. The van der Waals surface area contributed by atoms with Crippen LogP contribution in [-0.4, -0.2) is 15.4 Å². The summed E-state index contributed by atoms with van der Waals surface area (Å²) in [5.41, 5.74) is 1.66. The molecule has 11 heavy (non-hydrogen) atoms. The maximum absolute atomic E-state index is 10.9. The monoisotopic (exact) mass is 179 g/mol. The third kappa shape index (κ3) is 1.73. The molecule has 0 heterocycles. The van der Waals surface area contributed by atoms with Crippen LogP contribution in [0.1, 0.15) is 15.9 Å². The summed E-state index contributed by atoms with van der Waals surface area (Å²) in [6.07, 6.45) is 0. The van der Waals surface area contributed by atoms with E-state index >= 15 is 0 Å². The number of hydrogen-bond donors (Lipinski definition) is 1. The van der Waals surface area contributed by atoms with E-state index in [1.165, 1.54) is 0 Å². The van der Waals surface area contributed by atoms with Crippen LogP contribution in [0.5, 0.6) is 0 Å². The van der Waals surface area contributed by atoms with Crippen LogP contribution in [0, 0.1) is 6.92 Å². The molecule has 0 aromatic heterocycles. The molecule has 0 bridgehead atoms. The Labute approximate surface area is 74.6 Å². The van der Waals surface area contributed by atoms with Gasteiger partial charge in [0.1, 0.15) is 0 Å². The quantitative estimate of drug-likeness (QED) is 0.500. The van der Waals surface area contributed by atoms with Crippen LogP contribution in [0.15, 0.2) is 18.2 Å². The van der Waals surface area contributed by atoms with Crippen LogP contribution in [0.25, 0.3) is 0 Å². The highest BCUT2D eigenvalue weighted by atomic mass is 32.1. The number of rotatable bonds is 1. The van der Waals surface area contributed by atoms with E-state index in [0.717, 1.165) is 10.8 Å². The minimum Gasteiger partial charge on any atom is -0.282 e. The summed E-state index contributed by atoms with van der Waals surface area (Å²) < 4.78 is 0. The van der Waals surface area contributed by atoms with E-state index in [0.29, 0.717) is 5.56 Å². The number of carbonyl (C=O) groups excluding carboxylic acids is 1. The third-order valence-corrected chi connectivity index (χ3v) is 2.41. The van der Waals surface area contributed by atoms with Crippen molar-refractivity contribution < 1.29 is 4.79 Å². The molecule has 0 atom stereocenters. The van der Waals surface area contributed by atoms with Gasteiger partial charge in [0.05, 0.1) is 10.2 Å². The van der Waals surface area contributed by atoms with Gasteiger partial charge in [-0.15, -0.1) is 12.6 Å². The molecule has 0 saturated carbocycles. The second kappa shape index (κ2) is 3.24. The molecule has 1 rings (SSSR count). The van der Waals surface area contributed by atoms with Gasteiger partial charge in [-0.3, -0.25) is 4.79 Å². The molecule has 0 aliphatic rings. The smallest absolute Gasteiger partial charge is 0.216 e. The molecule has 55 valence electrons. The van der Waals surface area contributed by atoms with Gasteiger partial charge in [0.2, 0.25) is 5.12 Å². The van der Waals surface area contributed by atoms with Crippen molar-refractivity contribution in [1.29, 1.82) is 0 Å². The fraction of sp³-hybridized carbons (Fsp3) is 0.125. The largest absolute Gasteiger partial charge is 0.282 e. The molecule has 0 fully saturated rings. The van der Waals surface area contributed by atoms with Crippen molar-refractivity contribution in [3.8, 4) is 0 Å². The molecule has 3 heteroatoms. The Kier molecular flexibility index (Phi) is 2.52. The highest BCUT2D eigenvalue weighted by Gasteiger charge is 2.04. The predicted molar refractivity (Wildman–Crippen MR) is 49.9 cm³/mol. The fourth-order valence-corrected chi connectivity index (χ4v) is 1.42. The molecule has 0 amide bonds. The lowest BCUT2D eigenvalue weighted by atomic mass is 10.1. The van der Waals surface area contributed by atoms with Gasteiger partial charge in [0.25, 0.3) is 0 Å². The Hall–Kier alpha value is -0.543. The van der Waals surface area contributed by atoms with E-state index in [1.807, 2.05) is 19.1 Å². The lowest BCUT2D eigenvalue weighted by Crippen LogP contribution is -2.15. The first-order valence-electron chi connectivity index (χ1n) is 3.17. The van der Waals surface area contributed by atoms with Gasteiger partial charge in [-0.05, 0) is 6.92 Å². The second-order valence-electron chi connectivity index (χ2n) is 2.30. The van der Waals surface area contributed by atoms with E-state index in [1.54, 1.807) is 6.07 Å². The first-order valence-corrected chi connectivity index (χ1v) is 4.12. The van der Waals surface area contributed by atoms with Crippen LogP contribution in [-0.2, 0) is 0 Å². The Morgan fingerprint density at radius 2 is 2.18 bits per heavy atom. The van der Waals surface area contributed by atoms with Crippen molar-refractivity contribution in [2.45, 2.75) is 6.92 Å². The Bertz CT molecular complexity index is 296. The van der Waals surface area contributed by atoms with Crippen molar-refractivity contribution in [2.24, 2.45) is 0 Å². The number of aryl methyl sites for hydroxylation is 1. The van der Waals surface area contributed by atoms with Crippen molar-refractivity contribution in [2.75, 3.05) is 0 Å². The number of hydrogen-bond acceptors (Lipinski definition) is 1. The van der Waals surface area contributed by atoms with Gasteiger partial charge in [0.15, 0.2) is 0 Å². The summed E-state index contributed by atoms with van der Waals surface area (Å²) in [5.74, 6) is 0. The first kappa shape index (κ1) is 8.55. The van der Waals surface area contributed by atoms with Crippen LogP contribution < -0.4 is 5.19 Å². The average Bonchev–Trinajstić information content (AvgIpc) is 1.94. The molecule has 1 aromatic carbocycles. The Balaban J connectivity index is 3.27. The maximum Gasteiger partial charge on any atom is 0.216 e. The van der Waals surface area contributed by atoms with E-state index in [4.69, 9.17) is 0 Å². The maximum atomic E-state index is 10.9. The van der Waals surface area contributed by atoms with E-state index in [9.17, 15) is 4.79 Å². The highest BCUT2D eigenvalue weighted by Crippen LogP contribution is 2.02. The molecule has 0 spiro atoms. The topological polar surface area (TPSA) is 17.1 Å². The SMILES string of the molecule is Cc1cccc(C(=O)S)c1[Si]. The molecule has 1 aromatic rings. The van der Waals surface area contributed by atoms with Crippen LogP contribution in [0.2, 0.25) is 0 Å². The molecule has 0 unspecified atom stereocenters. The second-order valence-corrected chi connectivity index (χ2v) is 3.21. The zero-order chi connectivity index (χ0) is 8.43. The molecule has 0 aliphatic heterocycles. The predicted octanol–water partition coefficient (Wildman–Crippen LogP) is 0.859. The molecular formula is C8H7OSSi. The van der Waals surface area contributed by atoms with Gasteiger partial charge >= 0.3 is 0 Å². The molecule has 0 saturated heterocycles. The minimum absolute atomic E-state index is 0.210. The third-order valence-electron chi connectivity index (χ3n) is 1.50. The molecule has 0 N–H and O–H groups in total. The summed E-state index contributed by atoms with van der Waals surface area (Å²) in [6, 6.07) is 5.51. The lowest BCUT2D eigenvalue weighted by Gasteiger charge is -2.02. The number of carbonyl (C=O) groups is 1. The molecule has 3 radical (unpaired) electrons. The average molecular weight is 179 g/mol. The van der Waals surface area contributed by atoms with Gasteiger partial charge in [-0.1, -0.05) is 28.9 Å². The Morgan fingerprint density at radius 1 is 1.55 bits per heavy atom. The van der Waals surface area contributed by atoms with E-state index < -0.39 is 0 Å². The summed E-state index contributed by atoms with van der Waals surface area (Å²) in [4.78, 5) is 10.9. The summed E-state index contributed by atoms with van der Waals surface area (Å²) >= 11 is 3.73. The van der Waals surface area contributed by atoms with Crippen molar-refractivity contribution in [3.05, 3.63) is 29.3 Å². The van der Waals surface area contributed by atoms with Gasteiger partial charge in [-0.25, -0.2) is 0 Å². The molecule has 1 nitrogen and oxygen atoms in total. The van der Waals surface area contributed by atoms with Crippen LogP contribution >= 0.6 is 12.6 Å². The van der Waals surface area contributed by atoms with Crippen molar-refractivity contribution >= 4 is 33.2 Å². The van der Waals surface area contributed by atoms with Gasteiger partial charge < -0.3 is 0 Å². The first-order chi connectivity index (χ1) is 5.13. The van der Waals surface area contributed by atoms with Gasteiger partial charge in [0, 0.05) is 5.56 Å². The van der Waals surface area contributed by atoms with Crippen LogP contribution in [0.3, 0.4) is 0 Å². The number of benzene rings is 1. The van der Waals surface area contributed by atoms with Crippen molar-refractivity contribution in [3.63, 3.8) is 0 Å².